The van der Waals surface area contributed by atoms with Gasteiger partial charge in [0.15, 0.2) is 0 Å². The number of rotatable bonds is 5. The molecule has 0 radical (unpaired) electrons. The van der Waals surface area contributed by atoms with Crippen molar-refractivity contribution < 1.29 is 24.9 Å². The standard InChI is InChI=1S/C17H22O2.C6H14O3/c1-9-10(2)12(4)17(13(5)11(9)3)14-6-15(18)8-16(19)7-14;1-2-6(3-7,4-8)5-9/h14H,6-8H2,1-5H3;7-9H,2-5H2,1H3. The fourth-order valence-corrected chi connectivity index (χ4v) is 3.82. The van der Waals surface area contributed by atoms with Crippen LogP contribution in [0.3, 0.4) is 0 Å². The van der Waals surface area contributed by atoms with Gasteiger partial charge in [0.1, 0.15) is 11.6 Å². The van der Waals surface area contributed by atoms with Crippen molar-refractivity contribution in [3.05, 3.63) is 33.4 Å². The van der Waals surface area contributed by atoms with Crippen molar-refractivity contribution in [3.63, 3.8) is 0 Å². The Hall–Kier alpha value is -1.56. The molecule has 0 aliphatic heterocycles. The summed E-state index contributed by atoms with van der Waals surface area (Å²) in [5.41, 5.74) is 7.00. The van der Waals surface area contributed by atoms with Gasteiger partial charge in [-0.2, -0.15) is 0 Å². The van der Waals surface area contributed by atoms with Gasteiger partial charge in [0.25, 0.3) is 0 Å². The number of aliphatic hydroxyl groups excluding tert-OH is 3. The topological polar surface area (TPSA) is 94.8 Å². The number of hydrogen-bond donors (Lipinski definition) is 3. The molecule has 0 amide bonds. The van der Waals surface area contributed by atoms with E-state index in [4.69, 9.17) is 15.3 Å². The number of ketones is 2. The summed E-state index contributed by atoms with van der Waals surface area (Å²) in [5.74, 6) is 0.276. The fraction of sp³-hybridized carbons (Fsp3) is 0.652. The maximum atomic E-state index is 11.7. The highest BCUT2D eigenvalue weighted by molar-refractivity contribution is 6.02. The molecule has 28 heavy (non-hydrogen) atoms. The van der Waals surface area contributed by atoms with Gasteiger partial charge in [-0.3, -0.25) is 9.59 Å². The van der Waals surface area contributed by atoms with Gasteiger partial charge in [-0.25, -0.2) is 0 Å². The predicted molar refractivity (Wildman–Crippen MR) is 111 cm³/mol. The minimum Gasteiger partial charge on any atom is -0.396 e. The fourth-order valence-electron chi connectivity index (χ4n) is 3.82. The van der Waals surface area contributed by atoms with Gasteiger partial charge < -0.3 is 15.3 Å². The van der Waals surface area contributed by atoms with Crippen LogP contribution in [0.5, 0.6) is 0 Å². The van der Waals surface area contributed by atoms with Crippen LogP contribution in [0, 0.1) is 40.0 Å². The second kappa shape index (κ2) is 10.3. The monoisotopic (exact) mass is 392 g/mol. The van der Waals surface area contributed by atoms with Crippen LogP contribution in [0.2, 0.25) is 0 Å². The molecule has 0 heterocycles. The highest BCUT2D eigenvalue weighted by Crippen LogP contribution is 2.37. The van der Waals surface area contributed by atoms with Gasteiger partial charge in [0.05, 0.1) is 26.2 Å². The van der Waals surface area contributed by atoms with Gasteiger partial charge in [0, 0.05) is 18.3 Å². The van der Waals surface area contributed by atoms with Crippen molar-refractivity contribution in [2.75, 3.05) is 19.8 Å². The molecule has 5 nitrogen and oxygen atoms in total. The molecular formula is C23H36O5. The Balaban J connectivity index is 0.000000370. The van der Waals surface area contributed by atoms with Crippen molar-refractivity contribution >= 4 is 11.6 Å². The minimum absolute atomic E-state index is 0.0896. The number of aliphatic hydroxyl groups is 3. The normalized spacial score (nSPS) is 15.5. The van der Waals surface area contributed by atoms with E-state index in [1.165, 1.54) is 33.4 Å². The third kappa shape index (κ3) is 5.28. The summed E-state index contributed by atoms with van der Waals surface area (Å²) in [6.07, 6.45) is 1.78. The van der Waals surface area contributed by atoms with E-state index < -0.39 is 5.41 Å². The zero-order valence-electron chi connectivity index (χ0n) is 18.2. The van der Waals surface area contributed by atoms with E-state index in [0.717, 1.165) is 0 Å². The van der Waals surface area contributed by atoms with E-state index in [0.29, 0.717) is 19.3 Å². The van der Waals surface area contributed by atoms with E-state index in [1.54, 1.807) is 0 Å². The first-order chi connectivity index (χ1) is 13.1. The highest BCUT2D eigenvalue weighted by Gasteiger charge is 2.29. The largest absolute Gasteiger partial charge is 0.396 e. The molecule has 0 aromatic heterocycles. The zero-order chi connectivity index (χ0) is 21.6. The Morgan fingerprint density at radius 1 is 0.750 bits per heavy atom. The van der Waals surface area contributed by atoms with Crippen molar-refractivity contribution in [1.29, 1.82) is 0 Å². The van der Waals surface area contributed by atoms with Crippen LogP contribution in [0.4, 0.5) is 0 Å². The van der Waals surface area contributed by atoms with E-state index >= 15 is 0 Å². The number of carbonyl (C=O) groups excluding carboxylic acids is 2. The quantitative estimate of drug-likeness (QED) is 0.670. The van der Waals surface area contributed by atoms with E-state index in [1.807, 2.05) is 6.92 Å². The third-order valence-electron chi connectivity index (χ3n) is 6.56. The maximum Gasteiger partial charge on any atom is 0.140 e. The van der Waals surface area contributed by atoms with Crippen LogP contribution in [-0.4, -0.2) is 46.7 Å². The summed E-state index contributed by atoms with van der Waals surface area (Å²) in [5, 5.41) is 26.0. The Morgan fingerprint density at radius 2 is 1.11 bits per heavy atom. The number of benzene rings is 1. The summed E-state index contributed by atoms with van der Waals surface area (Å²) >= 11 is 0. The summed E-state index contributed by atoms with van der Waals surface area (Å²) in [6, 6.07) is 0. The molecule has 0 unspecified atom stereocenters. The lowest BCUT2D eigenvalue weighted by Gasteiger charge is -2.27. The van der Waals surface area contributed by atoms with Gasteiger partial charge in [-0.15, -0.1) is 0 Å². The lowest BCUT2D eigenvalue weighted by atomic mass is 9.76. The van der Waals surface area contributed by atoms with E-state index in [-0.39, 0.29) is 43.7 Å². The lowest BCUT2D eigenvalue weighted by molar-refractivity contribution is -0.130. The van der Waals surface area contributed by atoms with Gasteiger partial charge in [-0.1, -0.05) is 6.92 Å². The third-order valence-corrected chi connectivity index (χ3v) is 6.56. The van der Waals surface area contributed by atoms with Crippen LogP contribution in [0.25, 0.3) is 0 Å². The molecular weight excluding hydrogens is 356 g/mol. The summed E-state index contributed by atoms with van der Waals surface area (Å²) in [4.78, 5) is 23.4. The molecule has 5 heteroatoms. The van der Waals surface area contributed by atoms with Crippen molar-refractivity contribution in [2.45, 2.75) is 73.1 Å². The maximum absolute atomic E-state index is 11.7. The molecule has 0 saturated heterocycles. The first-order valence-corrected chi connectivity index (χ1v) is 10.00. The predicted octanol–water partition coefficient (Wildman–Crippen LogP) is 2.99. The average molecular weight is 393 g/mol. The molecule has 0 spiro atoms. The van der Waals surface area contributed by atoms with Crippen molar-refractivity contribution in [1.82, 2.24) is 0 Å². The van der Waals surface area contributed by atoms with Crippen LogP contribution in [0.15, 0.2) is 0 Å². The molecule has 1 aliphatic rings. The highest BCUT2D eigenvalue weighted by atomic mass is 16.3. The van der Waals surface area contributed by atoms with Gasteiger partial charge in [0.2, 0.25) is 0 Å². The Kier molecular flexibility index (Phi) is 8.99. The first-order valence-electron chi connectivity index (χ1n) is 10.00. The summed E-state index contributed by atoms with van der Waals surface area (Å²) in [6.45, 7) is 12.0. The molecule has 0 bridgehead atoms. The van der Waals surface area contributed by atoms with Crippen LogP contribution < -0.4 is 0 Å². The second-order valence-electron chi connectivity index (χ2n) is 8.23. The Bertz CT molecular complexity index is 654. The van der Waals surface area contributed by atoms with E-state index in [2.05, 4.69) is 34.6 Å². The molecule has 1 aromatic rings. The molecule has 158 valence electrons. The van der Waals surface area contributed by atoms with E-state index in [9.17, 15) is 9.59 Å². The number of Topliss-reactive ketones (excluding diaryl/α,β-unsaturated/α-hetero) is 2. The SMILES string of the molecule is CCC(CO)(CO)CO.Cc1c(C)c(C)c(C2CC(=O)CC(=O)C2)c(C)c1C. The average Bonchev–Trinajstić information content (AvgIpc) is 2.67. The molecule has 1 aromatic carbocycles. The minimum atomic E-state index is -0.667. The molecule has 1 saturated carbocycles. The lowest BCUT2D eigenvalue weighted by Crippen LogP contribution is -2.32. The Labute approximate surface area is 168 Å². The van der Waals surface area contributed by atoms with Gasteiger partial charge in [-0.05, 0) is 80.3 Å². The van der Waals surface area contributed by atoms with Crippen molar-refractivity contribution in [3.8, 4) is 0 Å². The summed E-state index contributed by atoms with van der Waals surface area (Å²) in [7, 11) is 0. The van der Waals surface area contributed by atoms with Gasteiger partial charge >= 0.3 is 0 Å². The summed E-state index contributed by atoms with van der Waals surface area (Å²) < 4.78 is 0. The first kappa shape index (κ1) is 24.5. The molecule has 1 aliphatic carbocycles. The second-order valence-corrected chi connectivity index (χ2v) is 8.23. The number of carbonyl (C=O) groups is 2. The Morgan fingerprint density at radius 3 is 1.39 bits per heavy atom. The van der Waals surface area contributed by atoms with Crippen LogP contribution in [-0.2, 0) is 9.59 Å². The zero-order valence-corrected chi connectivity index (χ0v) is 18.2. The molecule has 0 atom stereocenters. The molecule has 1 fully saturated rings. The van der Waals surface area contributed by atoms with Crippen LogP contribution >= 0.6 is 0 Å². The number of hydrogen-bond acceptors (Lipinski definition) is 5. The molecule has 2 rings (SSSR count). The van der Waals surface area contributed by atoms with Crippen molar-refractivity contribution in [2.24, 2.45) is 5.41 Å². The smallest absolute Gasteiger partial charge is 0.140 e. The van der Waals surface area contributed by atoms with Crippen LogP contribution in [0.1, 0.15) is 71.9 Å². The molecule has 3 N–H and O–H groups in total.